The van der Waals surface area contributed by atoms with E-state index in [4.69, 9.17) is 11.6 Å². The summed E-state index contributed by atoms with van der Waals surface area (Å²) in [4.78, 5) is 12.0. The lowest BCUT2D eigenvalue weighted by Crippen LogP contribution is -2.30. The number of sulfonamides is 1. The number of carbonyl (C=O) groups is 1. The molecule has 1 aromatic rings. The molecule has 1 saturated heterocycles. The molecule has 1 aliphatic heterocycles. The Morgan fingerprint density at radius 3 is 2.55 bits per heavy atom. The number of nitrogens with zero attached hydrogens (tertiary/aromatic N) is 1. The van der Waals surface area contributed by atoms with Gasteiger partial charge in [0.15, 0.2) is 0 Å². The van der Waals surface area contributed by atoms with E-state index in [-0.39, 0.29) is 18.0 Å². The minimum Gasteiger partial charge on any atom is -0.481 e. The first kappa shape index (κ1) is 15.8. The topological polar surface area (TPSA) is 74.7 Å². The van der Waals surface area contributed by atoms with Crippen LogP contribution in [0.2, 0.25) is 4.34 Å². The summed E-state index contributed by atoms with van der Waals surface area (Å²) in [6, 6.07) is 1.43. The third-order valence-electron chi connectivity index (χ3n) is 3.67. The van der Waals surface area contributed by atoms with Gasteiger partial charge in [-0.15, -0.1) is 11.3 Å². The highest BCUT2D eigenvalue weighted by Gasteiger charge is 2.48. The summed E-state index contributed by atoms with van der Waals surface area (Å²) >= 11 is 7.06. The van der Waals surface area contributed by atoms with Gasteiger partial charge in [-0.3, -0.25) is 4.79 Å². The van der Waals surface area contributed by atoms with E-state index in [2.05, 4.69) is 0 Å². The molecule has 2 rings (SSSR count). The van der Waals surface area contributed by atoms with Crippen molar-refractivity contribution in [1.82, 2.24) is 4.31 Å². The Bertz CT molecular complexity index is 650. The van der Waals surface area contributed by atoms with E-state index in [1.807, 2.05) is 0 Å². The zero-order valence-corrected chi connectivity index (χ0v) is 13.8. The lowest BCUT2D eigenvalue weighted by Gasteiger charge is -2.22. The molecule has 0 radical (unpaired) electrons. The van der Waals surface area contributed by atoms with Crippen molar-refractivity contribution in [3.63, 3.8) is 0 Å². The Morgan fingerprint density at radius 1 is 1.55 bits per heavy atom. The van der Waals surface area contributed by atoms with Crippen molar-refractivity contribution in [1.29, 1.82) is 0 Å². The number of aliphatic carboxylic acids is 1. The molecule has 1 aliphatic rings. The summed E-state index contributed by atoms with van der Waals surface area (Å²) in [6.07, 6.45) is 0. The summed E-state index contributed by atoms with van der Waals surface area (Å²) in [6.45, 7) is 5.43. The van der Waals surface area contributed by atoms with Crippen LogP contribution in [0.3, 0.4) is 0 Å². The molecular weight excluding hydrogens is 322 g/mol. The van der Waals surface area contributed by atoms with Gasteiger partial charge in [-0.2, -0.15) is 4.31 Å². The molecule has 1 fully saturated rings. The fourth-order valence-electron chi connectivity index (χ4n) is 2.50. The number of thiophene rings is 1. The van der Waals surface area contributed by atoms with E-state index in [9.17, 15) is 18.3 Å². The SMILES string of the molecule is Cc1sc(Cl)cc1S(=O)(=O)N1CC(C(=O)O)C(C)(C)C1. The third kappa shape index (κ3) is 2.59. The van der Waals surface area contributed by atoms with Crippen molar-refractivity contribution in [3.05, 3.63) is 15.3 Å². The largest absolute Gasteiger partial charge is 0.481 e. The van der Waals surface area contributed by atoms with Crippen molar-refractivity contribution in [2.45, 2.75) is 25.7 Å². The molecule has 0 amide bonds. The van der Waals surface area contributed by atoms with Gasteiger partial charge in [0, 0.05) is 18.0 Å². The molecule has 1 atom stereocenters. The van der Waals surface area contributed by atoms with Crippen molar-refractivity contribution >= 4 is 38.9 Å². The highest BCUT2D eigenvalue weighted by Crippen LogP contribution is 2.40. The molecule has 8 heteroatoms. The zero-order valence-electron chi connectivity index (χ0n) is 11.4. The van der Waals surface area contributed by atoms with Gasteiger partial charge in [-0.05, 0) is 18.4 Å². The molecule has 0 aliphatic carbocycles. The summed E-state index contributed by atoms with van der Waals surface area (Å²) in [5.74, 6) is -1.67. The first-order valence-electron chi connectivity index (χ1n) is 6.04. The van der Waals surface area contributed by atoms with Crippen LogP contribution in [-0.2, 0) is 14.8 Å². The first-order chi connectivity index (χ1) is 9.05. The average Bonchev–Trinajstić information content (AvgIpc) is 2.78. The predicted molar refractivity (Wildman–Crippen MR) is 77.7 cm³/mol. The summed E-state index contributed by atoms with van der Waals surface area (Å²) in [7, 11) is -3.69. The minimum absolute atomic E-state index is 0.00241. The second-order valence-corrected chi connectivity index (χ2v) is 9.44. The number of hydrogen-bond donors (Lipinski definition) is 1. The van der Waals surface area contributed by atoms with Crippen LogP contribution in [0, 0.1) is 18.3 Å². The molecule has 1 unspecified atom stereocenters. The lowest BCUT2D eigenvalue weighted by molar-refractivity contribution is -0.143. The van der Waals surface area contributed by atoms with Crippen LogP contribution in [0.15, 0.2) is 11.0 Å². The molecule has 1 aromatic heterocycles. The van der Waals surface area contributed by atoms with Gasteiger partial charge >= 0.3 is 5.97 Å². The fraction of sp³-hybridized carbons (Fsp3) is 0.583. The number of halogens is 1. The van der Waals surface area contributed by atoms with Crippen LogP contribution >= 0.6 is 22.9 Å². The molecule has 20 heavy (non-hydrogen) atoms. The smallest absolute Gasteiger partial charge is 0.308 e. The highest BCUT2D eigenvalue weighted by atomic mass is 35.5. The number of hydrogen-bond acceptors (Lipinski definition) is 4. The van der Waals surface area contributed by atoms with Crippen molar-refractivity contribution in [2.75, 3.05) is 13.1 Å². The second kappa shape index (κ2) is 4.98. The maximum atomic E-state index is 12.6. The van der Waals surface area contributed by atoms with Crippen LogP contribution in [0.25, 0.3) is 0 Å². The first-order valence-corrected chi connectivity index (χ1v) is 8.68. The van der Waals surface area contributed by atoms with Gasteiger partial charge in [0.2, 0.25) is 10.0 Å². The van der Waals surface area contributed by atoms with Crippen LogP contribution in [-0.4, -0.2) is 36.9 Å². The molecule has 5 nitrogen and oxygen atoms in total. The van der Waals surface area contributed by atoms with E-state index in [0.717, 1.165) is 0 Å². The van der Waals surface area contributed by atoms with Gasteiger partial charge < -0.3 is 5.11 Å². The normalized spacial score (nSPS) is 23.1. The third-order valence-corrected chi connectivity index (χ3v) is 6.92. The van der Waals surface area contributed by atoms with E-state index in [1.165, 1.54) is 21.7 Å². The van der Waals surface area contributed by atoms with Crippen molar-refractivity contribution < 1.29 is 18.3 Å². The quantitative estimate of drug-likeness (QED) is 0.919. The van der Waals surface area contributed by atoms with Crippen LogP contribution < -0.4 is 0 Å². The zero-order chi connectivity index (χ0) is 15.3. The Balaban J connectivity index is 2.38. The van der Waals surface area contributed by atoms with Crippen LogP contribution in [0.1, 0.15) is 18.7 Å². The number of carboxylic acid groups (broad SMARTS) is 1. The van der Waals surface area contributed by atoms with Crippen molar-refractivity contribution in [2.24, 2.45) is 11.3 Å². The number of rotatable bonds is 3. The number of aryl methyl sites for hydroxylation is 1. The fourth-order valence-corrected chi connectivity index (χ4v) is 5.92. The Hall–Kier alpha value is -0.630. The summed E-state index contributed by atoms with van der Waals surface area (Å²) in [5.41, 5.74) is -0.591. The van der Waals surface area contributed by atoms with Crippen molar-refractivity contribution in [3.8, 4) is 0 Å². The molecule has 0 spiro atoms. The molecular formula is C12H16ClNO4S2. The summed E-state index contributed by atoms with van der Waals surface area (Å²) in [5, 5.41) is 9.22. The van der Waals surface area contributed by atoms with Gasteiger partial charge in [-0.25, -0.2) is 8.42 Å². The van der Waals surface area contributed by atoms with Crippen LogP contribution in [0.4, 0.5) is 0 Å². The molecule has 0 bridgehead atoms. The Kier molecular flexibility index (Phi) is 3.92. The van der Waals surface area contributed by atoms with E-state index < -0.39 is 27.3 Å². The van der Waals surface area contributed by atoms with Gasteiger partial charge in [0.05, 0.1) is 15.1 Å². The highest BCUT2D eigenvalue weighted by molar-refractivity contribution is 7.89. The van der Waals surface area contributed by atoms with E-state index in [1.54, 1.807) is 20.8 Å². The standard InChI is InChI=1S/C12H16ClNO4S2/c1-7-9(4-10(13)19-7)20(17,18)14-5-8(11(15)16)12(2,3)6-14/h4,8H,5-6H2,1-3H3,(H,15,16). The molecule has 2 heterocycles. The monoisotopic (exact) mass is 337 g/mol. The molecule has 0 aromatic carbocycles. The minimum atomic E-state index is -3.69. The summed E-state index contributed by atoms with van der Waals surface area (Å²) < 4.78 is 26.9. The van der Waals surface area contributed by atoms with Crippen LogP contribution in [0.5, 0.6) is 0 Å². The maximum absolute atomic E-state index is 12.6. The maximum Gasteiger partial charge on any atom is 0.308 e. The van der Waals surface area contributed by atoms with E-state index >= 15 is 0 Å². The lowest BCUT2D eigenvalue weighted by atomic mass is 9.82. The predicted octanol–water partition coefficient (Wildman–Crippen LogP) is 2.44. The number of carboxylic acids is 1. The van der Waals surface area contributed by atoms with Gasteiger partial charge in [0.1, 0.15) is 0 Å². The molecule has 1 N–H and O–H groups in total. The molecule has 0 saturated carbocycles. The Labute approximate surface area is 127 Å². The average molecular weight is 338 g/mol. The van der Waals surface area contributed by atoms with Gasteiger partial charge in [-0.1, -0.05) is 25.4 Å². The molecule has 112 valence electrons. The van der Waals surface area contributed by atoms with Gasteiger partial charge in [0.25, 0.3) is 0 Å². The second-order valence-electron chi connectivity index (χ2n) is 5.65. The van der Waals surface area contributed by atoms with E-state index in [0.29, 0.717) is 9.21 Å². The Morgan fingerprint density at radius 2 is 2.15 bits per heavy atom.